The first-order valence-corrected chi connectivity index (χ1v) is 12.6. The first-order valence-electron chi connectivity index (χ1n) is 12.6. The molecule has 2 fully saturated rings. The first kappa shape index (κ1) is 23.1. The SMILES string of the molecule is CCN1C(=O)N2Cc3cc(C)cc(C)c3[C@@H](C)C=C2C12CCN(Cc1cc(C)ccc1F)CC2. The van der Waals surface area contributed by atoms with Gasteiger partial charge in [0, 0.05) is 43.4 Å². The number of hydrogen-bond acceptors (Lipinski definition) is 2. The zero-order valence-electron chi connectivity index (χ0n) is 21.1. The number of hydrogen-bond donors (Lipinski definition) is 0. The number of halogens is 1. The number of nitrogens with zero attached hydrogens (tertiary/aromatic N) is 3. The van der Waals surface area contributed by atoms with Crippen LogP contribution in [0.25, 0.3) is 0 Å². The summed E-state index contributed by atoms with van der Waals surface area (Å²) >= 11 is 0. The van der Waals surface area contributed by atoms with E-state index in [2.05, 4.69) is 55.7 Å². The number of benzene rings is 2. The number of likely N-dealkylation sites (N-methyl/N-ethyl adjacent to an activating group) is 1. The van der Waals surface area contributed by atoms with Crippen molar-refractivity contribution < 1.29 is 9.18 Å². The van der Waals surface area contributed by atoms with Crippen LogP contribution < -0.4 is 0 Å². The lowest BCUT2D eigenvalue weighted by Crippen LogP contribution is -2.53. The molecule has 0 bridgehead atoms. The molecule has 5 rings (SSSR count). The van der Waals surface area contributed by atoms with Crippen LogP contribution >= 0.6 is 0 Å². The number of rotatable bonds is 3. The fourth-order valence-corrected chi connectivity index (χ4v) is 6.67. The normalized spacial score (nSPS) is 22.0. The highest BCUT2D eigenvalue weighted by molar-refractivity contribution is 5.83. The first-order chi connectivity index (χ1) is 16.2. The maximum absolute atomic E-state index is 14.4. The van der Waals surface area contributed by atoms with E-state index in [1.165, 1.54) is 28.0 Å². The molecule has 0 saturated carbocycles. The molecular weight excluding hydrogens is 425 g/mol. The van der Waals surface area contributed by atoms with Crippen molar-refractivity contribution in [1.82, 2.24) is 14.7 Å². The summed E-state index contributed by atoms with van der Waals surface area (Å²) < 4.78 is 14.4. The largest absolute Gasteiger partial charge is 0.325 e. The van der Waals surface area contributed by atoms with Gasteiger partial charge in [0.2, 0.25) is 0 Å². The van der Waals surface area contributed by atoms with Crippen LogP contribution in [0.3, 0.4) is 0 Å². The molecule has 2 amide bonds. The second-order valence-corrected chi connectivity index (χ2v) is 10.5. The van der Waals surface area contributed by atoms with Crippen molar-refractivity contribution in [1.29, 1.82) is 0 Å². The molecule has 0 aliphatic carbocycles. The van der Waals surface area contributed by atoms with E-state index in [0.29, 0.717) is 19.6 Å². The summed E-state index contributed by atoms with van der Waals surface area (Å²) in [5.41, 5.74) is 7.95. The van der Waals surface area contributed by atoms with Crippen LogP contribution in [-0.2, 0) is 13.1 Å². The Balaban J connectivity index is 1.45. The van der Waals surface area contributed by atoms with Gasteiger partial charge < -0.3 is 4.90 Å². The number of carbonyl (C=O) groups excluding carboxylic acids is 1. The fourth-order valence-electron chi connectivity index (χ4n) is 6.67. The molecule has 0 radical (unpaired) electrons. The molecule has 1 atom stereocenters. The van der Waals surface area contributed by atoms with Crippen LogP contribution in [0.15, 0.2) is 42.1 Å². The number of fused-ring (bicyclic) bond motifs is 3. The number of amides is 2. The minimum absolute atomic E-state index is 0.131. The molecule has 34 heavy (non-hydrogen) atoms. The van der Waals surface area contributed by atoms with Crippen molar-refractivity contribution >= 4 is 6.03 Å². The molecule has 0 aromatic heterocycles. The Kier molecular flexibility index (Phi) is 5.79. The Bertz CT molecular complexity index is 1160. The highest BCUT2D eigenvalue weighted by Crippen LogP contribution is 2.47. The number of aryl methyl sites for hydroxylation is 3. The molecular formula is C29H36FN3O. The molecule has 0 unspecified atom stereocenters. The number of carbonyl (C=O) groups is 1. The lowest BCUT2D eigenvalue weighted by atomic mass is 9.81. The van der Waals surface area contributed by atoms with Crippen molar-refractivity contribution in [3.63, 3.8) is 0 Å². The van der Waals surface area contributed by atoms with E-state index < -0.39 is 0 Å². The van der Waals surface area contributed by atoms with Gasteiger partial charge in [-0.1, -0.05) is 48.4 Å². The van der Waals surface area contributed by atoms with E-state index in [4.69, 9.17) is 0 Å². The van der Waals surface area contributed by atoms with Gasteiger partial charge in [0.1, 0.15) is 5.82 Å². The summed E-state index contributed by atoms with van der Waals surface area (Å²) in [6.45, 7) is 14.3. The van der Waals surface area contributed by atoms with E-state index in [-0.39, 0.29) is 23.3 Å². The monoisotopic (exact) mass is 461 g/mol. The molecule has 2 saturated heterocycles. The molecule has 3 aliphatic heterocycles. The third kappa shape index (κ3) is 3.65. The fraction of sp³-hybridized carbons (Fsp3) is 0.483. The minimum atomic E-state index is -0.271. The molecule has 180 valence electrons. The Labute approximate surface area is 203 Å². The van der Waals surface area contributed by atoms with Crippen LogP contribution in [0.1, 0.15) is 66.0 Å². The summed E-state index contributed by atoms with van der Waals surface area (Å²) in [7, 11) is 0. The summed E-state index contributed by atoms with van der Waals surface area (Å²) in [6.07, 6.45) is 4.12. The van der Waals surface area contributed by atoms with Gasteiger partial charge in [0.05, 0.1) is 12.1 Å². The van der Waals surface area contributed by atoms with Gasteiger partial charge in [-0.2, -0.15) is 0 Å². The van der Waals surface area contributed by atoms with Gasteiger partial charge >= 0.3 is 6.03 Å². The lowest BCUT2D eigenvalue weighted by Gasteiger charge is -2.44. The maximum atomic E-state index is 14.4. The van der Waals surface area contributed by atoms with Crippen molar-refractivity contribution in [3.05, 3.63) is 81.3 Å². The summed E-state index contributed by atoms with van der Waals surface area (Å²) in [6, 6.07) is 9.98. The molecule has 3 aliphatic rings. The quantitative estimate of drug-likeness (QED) is 0.557. The second kappa shape index (κ2) is 8.53. The third-order valence-corrected chi connectivity index (χ3v) is 8.15. The van der Waals surface area contributed by atoms with E-state index in [1.807, 2.05) is 24.0 Å². The van der Waals surface area contributed by atoms with Gasteiger partial charge in [-0.15, -0.1) is 0 Å². The smallest absolute Gasteiger partial charge is 0.313 e. The predicted octanol–water partition coefficient (Wildman–Crippen LogP) is 6.04. The molecule has 0 N–H and O–H groups in total. The molecule has 2 aromatic rings. The number of likely N-dealkylation sites (tertiary alicyclic amines) is 1. The zero-order chi connectivity index (χ0) is 24.2. The van der Waals surface area contributed by atoms with E-state index in [1.54, 1.807) is 6.07 Å². The van der Waals surface area contributed by atoms with Gasteiger partial charge in [0.15, 0.2) is 0 Å². The highest BCUT2D eigenvalue weighted by Gasteiger charge is 2.54. The molecule has 4 nitrogen and oxygen atoms in total. The highest BCUT2D eigenvalue weighted by atomic mass is 19.1. The molecule has 5 heteroatoms. The van der Waals surface area contributed by atoms with Crippen LogP contribution in [0, 0.1) is 26.6 Å². The van der Waals surface area contributed by atoms with Gasteiger partial charge in [-0.05, 0) is 63.3 Å². The predicted molar refractivity (Wildman–Crippen MR) is 134 cm³/mol. The third-order valence-electron chi connectivity index (χ3n) is 8.15. The standard InChI is InChI=1S/C29H36FN3O/c1-6-33-28(34)32-18-24-15-20(3)13-21(4)27(24)22(5)16-26(32)29(33)9-11-31(12-10-29)17-23-14-19(2)7-8-25(23)30/h7-8,13-16,22H,6,9-12,17-18H2,1-5H3/t22-/m0/s1. The van der Waals surface area contributed by atoms with Gasteiger partial charge in [0.25, 0.3) is 0 Å². The van der Waals surface area contributed by atoms with Crippen molar-refractivity contribution in [3.8, 4) is 0 Å². The number of allylic oxidation sites excluding steroid dienone is 1. The summed E-state index contributed by atoms with van der Waals surface area (Å²) in [5, 5.41) is 0. The Morgan fingerprint density at radius 1 is 1.06 bits per heavy atom. The Morgan fingerprint density at radius 3 is 2.50 bits per heavy atom. The molecule has 1 spiro atoms. The number of piperidine rings is 1. The van der Waals surface area contributed by atoms with Crippen molar-refractivity contribution in [2.75, 3.05) is 19.6 Å². The van der Waals surface area contributed by atoms with Crippen molar-refractivity contribution in [2.45, 2.75) is 72.0 Å². The van der Waals surface area contributed by atoms with Gasteiger partial charge in [-0.25, -0.2) is 9.18 Å². The minimum Gasteiger partial charge on any atom is -0.313 e. The number of urea groups is 1. The van der Waals surface area contributed by atoms with Crippen LogP contribution in [0.2, 0.25) is 0 Å². The van der Waals surface area contributed by atoms with Crippen molar-refractivity contribution in [2.24, 2.45) is 0 Å². The molecule has 3 heterocycles. The van der Waals surface area contributed by atoms with Crippen LogP contribution in [-0.4, -0.2) is 45.9 Å². The van der Waals surface area contributed by atoms with Crippen LogP contribution in [0.5, 0.6) is 0 Å². The van der Waals surface area contributed by atoms with E-state index in [0.717, 1.165) is 37.1 Å². The van der Waals surface area contributed by atoms with Gasteiger partial charge in [-0.3, -0.25) is 9.80 Å². The Hall–Kier alpha value is -2.66. The maximum Gasteiger partial charge on any atom is 0.325 e. The average Bonchev–Trinajstić information content (AvgIpc) is 2.89. The average molecular weight is 462 g/mol. The summed E-state index contributed by atoms with van der Waals surface area (Å²) in [4.78, 5) is 20.2. The topological polar surface area (TPSA) is 26.8 Å². The second-order valence-electron chi connectivity index (χ2n) is 10.5. The molecule has 2 aromatic carbocycles. The van der Waals surface area contributed by atoms with E-state index in [9.17, 15) is 9.18 Å². The summed E-state index contributed by atoms with van der Waals surface area (Å²) in [5.74, 6) is 0.128. The van der Waals surface area contributed by atoms with E-state index >= 15 is 0 Å². The zero-order valence-corrected chi connectivity index (χ0v) is 21.1. The van der Waals surface area contributed by atoms with Crippen LogP contribution in [0.4, 0.5) is 9.18 Å². The lowest BCUT2D eigenvalue weighted by molar-refractivity contribution is 0.0882. The Morgan fingerprint density at radius 2 is 1.79 bits per heavy atom.